The van der Waals surface area contributed by atoms with Crippen molar-refractivity contribution in [3.63, 3.8) is 0 Å². The van der Waals surface area contributed by atoms with Crippen molar-refractivity contribution >= 4 is 52.3 Å². The fourth-order valence-corrected chi connectivity index (χ4v) is 3.76. The first-order chi connectivity index (χ1) is 13.0. The normalized spacial score (nSPS) is 10.3. The van der Waals surface area contributed by atoms with Gasteiger partial charge in [0, 0.05) is 28.8 Å². The Morgan fingerprint density at radius 3 is 2.74 bits per heavy atom. The molecule has 2 aromatic carbocycles. The van der Waals surface area contributed by atoms with Gasteiger partial charge in [-0.1, -0.05) is 35.9 Å². The first kappa shape index (κ1) is 21.5. The Morgan fingerprint density at radius 1 is 1.22 bits per heavy atom. The Bertz CT molecular complexity index is 799. The van der Waals surface area contributed by atoms with Crippen molar-refractivity contribution in [3.8, 4) is 0 Å². The molecular weight excluding hydrogens is 400 g/mol. The zero-order chi connectivity index (χ0) is 19.6. The number of halogens is 1. The van der Waals surface area contributed by atoms with Gasteiger partial charge >= 0.3 is 5.97 Å². The zero-order valence-electron chi connectivity index (χ0n) is 15.4. The highest BCUT2D eigenvalue weighted by atomic mass is 35.5. The van der Waals surface area contributed by atoms with Crippen LogP contribution < -0.4 is 10.6 Å². The monoisotopic (exact) mass is 422 g/mol. The summed E-state index contributed by atoms with van der Waals surface area (Å²) in [5.41, 5.74) is 3.28. The van der Waals surface area contributed by atoms with E-state index in [0.29, 0.717) is 17.3 Å². The van der Waals surface area contributed by atoms with Crippen LogP contribution in [0.4, 0.5) is 5.69 Å². The van der Waals surface area contributed by atoms with Gasteiger partial charge in [-0.15, -0.1) is 0 Å². The average molecular weight is 423 g/mol. The standard InChI is InChI=1S/C20H23ClN2O2S2/c1-3-25-19(24)16-8-6-10-18(14(16)2)23-20(26)22-11-12-27-13-15-7-4-5-9-17(15)21/h4-10H,3,11-13H2,1-2H3,(H2,22,23,26). The van der Waals surface area contributed by atoms with Gasteiger partial charge in [0.2, 0.25) is 0 Å². The van der Waals surface area contributed by atoms with Crippen LogP contribution in [0.1, 0.15) is 28.4 Å². The number of thioether (sulfide) groups is 1. The van der Waals surface area contributed by atoms with Gasteiger partial charge in [-0.25, -0.2) is 4.79 Å². The van der Waals surface area contributed by atoms with Crippen molar-refractivity contribution in [1.29, 1.82) is 0 Å². The molecule has 7 heteroatoms. The molecule has 0 aromatic heterocycles. The number of carbonyl (C=O) groups is 1. The molecule has 0 aliphatic rings. The van der Waals surface area contributed by atoms with Crippen LogP contribution in [-0.2, 0) is 10.5 Å². The zero-order valence-corrected chi connectivity index (χ0v) is 17.8. The molecule has 144 valence electrons. The molecule has 0 heterocycles. The lowest BCUT2D eigenvalue weighted by Gasteiger charge is -2.14. The minimum atomic E-state index is -0.325. The van der Waals surface area contributed by atoms with Crippen LogP contribution in [0.3, 0.4) is 0 Å². The predicted molar refractivity (Wildman–Crippen MR) is 119 cm³/mol. The number of benzene rings is 2. The molecule has 2 rings (SSSR count). The van der Waals surface area contributed by atoms with E-state index in [2.05, 4.69) is 10.6 Å². The van der Waals surface area contributed by atoms with Crippen LogP contribution >= 0.6 is 35.6 Å². The first-order valence-electron chi connectivity index (χ1n) is 8.65. The van der Waals surface area contributed by atoms with Gasteiger partial charge in [-0.3, -0.25) is 0 Å². The summed E-state index contributed by atoms with van der Waals surface area (Å²) in [4.78, 5) is 12.0. The molecule has 0 saturated carbocycles. The van der Waals surface area contributed by atoms with Crippen molar-refractivity contribution in [3.05, 3.63) is 64.2 Å². The third-order valence-corrected chi connectivity index (χ3v) is 5.45. The van der Waals surface area contributed by atoms with Gasteiger partial charge < -0.3 is 15.4 Å². The largest absolute Gasteiger partial charge is 0.462 e. The van der Waals surface area contributed by atoms with Crippen LogP contribution in [0, 0.1) is 6.92 Å². The summed E-state index contributed by atoms with van der Waals surface area (Å²) in [6.45, 7) is 4.74. The molecule has 0 saturated heterocycles. The number of esters is 1. The van der Waals surface area contributed by atoms with E-state index in [4.69, 9.17) is 28.6 Å². The fourth-order valence-electron chi connectivity index (χ4n) is 2.40. The number of hydrogen-bond donors (Lipinski definition) is 2. The maximum Gasteiger partial charge on any atom is 0.338 e. The lowest BCUT2D eigenvalue weighted by atomic mass is 10.1. The second-order valence-electron chi connectivity index (χ2n) is 5.72. The summed E-state index contributed by atoms with van der Waals surface area (Å²) in [5, 5.41) is 7.65. The van der Waals surface area contributed by atoms with Crippen LogP contribution in [0.25, 0.3) is 0 Å². The van der Waals surface area contributed by atoms with Gasteiger partial charge in [0.05, 0.1) is 12.2 Å². The van der Waals surface area contributed by atoms with Gasteiger partial charge in [0.15, 0.2) is 5.11 Å². The van der Waals surface area contributed by atoms with Crippen molar-refractivity contribution in [1.82, 2.24) is 5.32 Å². The van der Waals surface area contributed by atoms with Crippen LogP contribution in [0.2, 0.25) is 5.02 Å². The van der Waals surface area contributed by atoms with E-state index < -0.39 is 0 Å². The summed E-state index contributed by atoms with van der Waals surface area (Å²) in [7, 11) is 0. The Morgan fingerprint density at radius 2 is 2.00 bits per heavy atom. The molecule has 0 atom stereocenters. The Hall–Kier alpha value is -1.76. The molecule has 2 aromatic rings. The molecule has 0 radical (unpaired) electrons. The molecular formula is C20H23ClN2O2S2. The number of anilines is 1. The summed E-state index contributed by atoms with van der Waals surface area (Å²) in [6, 6.07) is 13.3. The van der Waals surface area contributed by atoms with Crippen molar-refractivity contribution in [2.45, 2.75) is 19.6 Å². The Labute approximate surface area is 175 Å². The van der Waals surface area contributed by atoms with Crippen LogP contribution in [0.15, 0.2) is 42.5 Å². The number of thiocarbonyl (C=S) groups is 1. The average Bonchev–Trinajstić information content (AvgIpc) is 2.65. The number of ether oxygens (including phenoxy) is 1. The molecule has 4 nitrogen and oxygen atoms in total. The van der Waals surface area contributed by atoms with E-state index in [1.165, 1.54) is 0 Å². The highest BCUT2D eigenvalue weighted by molar-refractivity contribution is 7.98. The molecule has 2 N–H and O–H groups in total. The van der Waals surface area contributed by atoms with Crippen LogP contribution in [0.5, 0.6) is 0 Å². The molecule has 27 heavy (non-hydrogen) atoms. The summed E-state index contributed by atoms with van der Waals surface area (Å²) in [6.07, 6.45) is 0. The number of rotatable bonds is 8. The topological polar surface area (TPSA) is 50.4 Å². The highest BCUT2D eigenvalue weighted by Crippen LogP contribution is 2.21. The van der Waals surface area contributed by atoms with Gasteiger partial charge in [0.25, 0.3) is 0 Å². The molecule has 0 fully saturated rings. The van der Waals surface area contributed by atoms with E-state index in [-0.39, 0.29) is 5.97 Å². The minimum absolute atomic E-state index is 0.325. The van der Waals surface area contributed by atoms with E-state index in [1.54, 1.807) is 24.8 Å². The molecule has 0 aliphatic heterocycles. The maximum absolute atomic E-state index is 12.0. The second-order valence-corrected chi connectivity index (χ2v) is 7.64. The number of hydrogen-bond acceptors (Lipinski definition) is 4. The fraction of sp³-hybridized carbons (Fsp3) is 0.300. The van der Waals surface area contributed by atoms with E-state index in [1.807, 2.05) is 43.3 Å². The van der Waals surface area contributed by atoms with Crippen molar-refractivity contribution in [2.24, 2.45) is 0 Å². The Kier molecular flexibility index (Phi) is 8.91. The number of nitrogens with one attached hydrogen (secondary N) is 2. The van der Waals surface area contributed by atoms with E-state index in [9.17, 15) is 4.79 Å². The lowest BCUT2D eigenvalue weighted by molar-refractivity contribution is 0.0525. The Balaban J connectivity index is 1.78. The van der Waals surface area contributed by atoms with Crippen molar-refractivity contribution in [2.75, 3.05) is 24.2 Å². The summed E-state index contributed by atoms with van der Waals surface area (Å²) >= 11 is 13.3. The summed E-state index contributed by atoms with van der Waals surface area (Å²) in [5.74, 6) is 1.44. The van der Waals surface area contributed by atoms with Crippen molar-refractivity contribution < 1.29 is 9.53 Å². The molecule has 0 amide bonds. The molecule has 0 aliphatic carbocycles. The number of carbonyl (C=O) groups excluding carboxylic acids is 1. The smallest absolute Gasteiger partial charge is 0.338 e. The van der Waals surface area contributed by atoms with E-state index in [0.717, 1.165) is 39.9 Å². The summed E-state index contributed by atoms with van der Waals surface area (Å²) < 4.78 is 5.08. The second kappa shape index (κ2) is 11.2. The quantitative estimate of drug-likeness (QED) is 0.353. The predicted octanol–water partition coefficient (Wildman–Crippen LogP) is 5.04. The molecule has 0 spiro atoms. The first-order valence-corrected chi connectivity index (χ1v) is 10.6. The van der Waals surface area contributed by atoms with E-state index >= 15 is 0 Å². The van der Waals surface area contributed by atoms with Gasteiger partial charge in [-0.05, 0) is 55.4 Å². The minimum Gasteiger partial charge on any atom is -0.462 e. The lowest BCUT2D eigenvalue weighted by Crippen LogP contribution is -2.30. The molecule has 0 unspecified atom stereocenters. The third-order valence-electron chi connectivity index (χ3n) is 3.82. The van der Waals surface area contributed by atoms with Gasteiger partial charge in [0.1, 0.15) is 0 Å². The third kappa shape index (κ3) is 6.72. The molecule has 0 bridgehead atoms. The van der Waals surface area contributed by atoms with Crippen LogP contribution in [-0.4, -0.2) is 30.0 Å². The SMILES string of the molecule is CCOC(=O)c1cccc(NC(=S)NCCSCc2ccccc2Cl)c1C. The van der Waals surface area contributed by atoms with Gasteiger partial charge in [-0.2, -0.15) is 11.8 Å². The highest BCUT2D eigenvalue weighted by Gasteiger charge is 2.13. The maximum atomic E-state index is 12.0.